The molecular formula is C12H26N2. The van der Waals surface area contributed by atoms with Gasteiger partial charge >= 0.3 is 0 Å². The van der Waals surface area contributed by atoms with Crippen molar-refractivity contribution in [1.82, 2.24) is 5.43 Å². The van der Waals surface area contributed by atoms with Crippen LogP contribution in [0.4, 0.5) is 0 Å². The van der Waals surface area contributed by atoms with Gasteiger partial charge in [0, 0.05) is 6.04 Å². The molecule has 0 bridgehead atoms. The molecule has 4 atom stereocenters. The van der Waals surface area contributed by atoms with Crippen molar-refractivity contribution in [3.63, 3.8) is 0 Å². The van der Waals surface area contributed by atoms with E-state index in [2.05, 4.69) is 33.1 Å². The van der Waals surface area contributed by atoms with Gasteiger partial charge in [0.15, 0.2) is 0 Å². The smallest absolute Gasteiger partial charge is 0.0261 e. The first-order valence-corrected chi connectivity index (χ1v) is 6.02. The molecule has 0 amide bonds. The van der Waals surface area contributed by atoms with E-state index in [1.807, 2.05) is 0 Å². The normalized spacial score (nSPS) is 36.0. The Labute approximate surface area is 88.6 Å². The molecule has 0 aromatic rings. The van der Waals surface area contributed by atoms with Crippen LogP contribution in [0.1, 0.15) is 47.0 Å². The summed E-state index contributed by atoms with van der Waals surface area (Å²) < 4.78 is 0. The van der Waals surface area contributed by atoms with Gasteiger partial charge in [-0.3, -0.25) is 11.3 Å². The van der Waals surface area contributed by atoms with E-state index in [0.717, 1.165) is 17.8 Å². The predicted octanol–water partition coefficient (Wildman–Crippen LogP) is 2.55. The molecule has 2 heteroatoms. The average molecular weight is 198 g/mol. The maximum Gasteiger partial charge on any atom is 0.0261 e. The highest BCUT2D eigenvalue weighted by Crippen LogP contribution is 2.36. The Bertz CT molecular complexity index is 168. The van der Waals surface area contributed by atoms with E-state index in [4.69, 9.17) is 5.84 Å². The topological polar surface area (TPSA) is 38.0 Å². The maximum atomic E-state index is 5.63. The Kier molecular flexibility index (Phi) is 4.39. The minimum Gasteiger partial charge on any atom is -0.271 e. The van der Waals surface area contributed by atoms with Crippen LogP contribution in [0.25, 0.3) is 0 Å². The monoisotopic (exact) mass is 198 g/mol. The second kappa shape index (κ2) is 5.13. The Hall–Kier alpha value is -0.0800. The van der Waals surface area contributed by atoms with Crippen LogP contribution in [0.2, 0.25) is 0 Å². The van der Waals surface area contributed by atoms with E-state index in [1.165, 1.54) is 19.3 Å². The van der Waals surface area contributed by atoms with Crippen LogP contribution in [0.15, 0.2) is 0 Å². The van der Waals surface area contributed by atoms with Crippen molar-refractivity contribution in [2.75, 3.05) is 0 Å². The minimum atomic E-state index is 0.505. The first-order chi connectivity index (χ1) is 6.56. The quantitative estimate of drug-likeness (QED) is 0.540. The summed E-state index contributed by atoms with van der Waals surface area (Å²) in [6, 6.07) is 0.505. The van der Waals surface area contributed by atoms with Gasteiger partial charge in [0.1, 0.15) is 0 Å². The van der Waals surface area contributed by atoms with E-state index in [9.17, 15) is 0 Å². The van der Waals surface area contributed by atoms with E-state index in [-0.39, 0.29) is 0 Å². The van der Waals surface area contributed by atoms with E-state index in [1.54, 1.807) is 0 Å². The first-order valence-electron chi connectivity index (χ1n) is 6.02. The van der Waals surface area contributed by atoms with Crippen LogP contribution in [0.5, 0.6) is 0 Å². The van der Waals surface area contributed by atoms with Crippen molar-refractivity contribution >= 4 is 0 Å². The summed E-state index contributed by atoms with van der Waals surface area (Å²) in [5.41, 5.74) is 3.01. The Morgan fingerprint density at radius 1 is 1.14 bits per heavy atom. The molecule has 1 rings (SSSR count). The predicted molar refractivity (Wildman–Crippen MR) is 61.6 cm³/mol. The molecule has 0 heterocycles. The van der Waals surface area contributed by atoms with E-state index >= 15 is 0 Å². The lowest BCUT2D eigenvalue weighted by Crippen LogP contribution is -2.46. The number of rotatable bonds is 3. The van der Waals surface area contributed by atoms with Gasteiger partial charge < -0.3 is 0 Å². The number of hydrogen-bond acceptors (Lipinski definition) is 2. The zero-order valence-electron chi connectivity index (χ0n) is 10.1. The minimum absolute atomic E-state index is 0.505. The highest BCUT2D eigenvalue weighted by atomic mass is 15.2. The molecule has 84 valence electrons. The Balaban J connectivity index is 2.52. The summed E-state index contributed by atoms with van der Waals surface area (Å²) in [5, 5.41) is 0. The fraction of sp³-hybridized carbons (Fsp3) is 1.00. The molecule has 0 aromatic heterocycles. The van der Waals surface area contributed by atoms with Crippen molar-refractivity contribution in [2.45, 2.75) is 53.0 Å². The lowest BCUT2D eigenvalue weighted by atomic mass is 9.71. The van der Waals surface area contributed by atoms with Gasteiger partial charge in [-0.1, -0.05) is 34.1 Å². The molecule has 3 N–H and O–H groups in total. The Morgan fingerprint density at radius 3 is 2.21 bits per heavy atom. The number of hydrogen-bond donors (Lipinski definition) is 2. The van der Waals surface area contributed by atoms with E-state index < -0.39 is 0 Å². The molecular weight excluding hydrogens is 172 g/mol. The summed E-state index contributed by atoms with van der Waals surface area (Å²) in [7, 11) is 0. The third-order valence-corrected chi connectivity index (χ3v) is 4.06. The third kappa shape index (κ3) is 2.71. The van der Waals surface area contributed by atoms with Gasteiger partial charge in [0.2, 0.25) is 0 Å². The van der Waals surface area contributed by atoms with Crippen LogP contribution in [0, 0.1) is 23.7 Å². The van der Waals surface area contributed by atoms with Crippen molar-refractivity contribution in [3.8, 4) is 0 Å². The van der Waals surface area contributed by atoms with Gasteiger partial charge in [-0.25, -0.2) is 0 Å². The molecule has 0 radical (unpaired) electrons. The molecule has 4 unspecified atom stereocenters. The second-order valence-corrected chi connectivity index (χ2v) is 5.46. The molecule has 1 fully saturated rings. The molecule has 14 heavy (non-hydrogen) atoms. The second-order valence-electron chi connectivity index (χ2n) is 5.46. The van der Waals surface area contributed by atoms with E-state index in [0.29, 0.717) is 12.0 Å². The van der Waals surface area contributed by atoms with Crippen LogP contribution in [-0.2, 0) is 0 Å². The van der Waals surface area contributed by atoms with Crippen LogP contribution >= 0.6 is 0 Å². The summed E-state index contributed by atoms with van der Waals surface area (Å²) >= 11 is 0. The summed E-state index contributed by atoms with van der Waals surface area (Å²) in [6.45, 7) is 9.27. The number of nitrogens with one attached hydrogen (secondary N) is 1. The van der Waals surface area contributed by atoms with Crippen molar-refractivity contribution < 1.29 is 0 Å². The maximum absolute atomic E-state index is 5.63. The summed E-state index contributed by atoms with van der Waals surface area (Å²) in [6.07, 6.45) is 4.06. The fourth-order valence-electron chi connectivity index (χ4n) is 2.79. The lowest BCUT2D eigenvalue weighted by molar-refractivity contribution is 0.149. The first kappa shape index (κ1) is 12.0. The molecule has 0 aromatic carbocycles. The third-order valence-electron chi connectivity index (χ3n) is 4.06. The highest BCUT2D eigenvalue weighted by Gasteiger charge is 2.30. The van der Waals surface area contributed by atoms with Crippen LogP contribution in [-0.4, -0.2) is 6.04 Å². The average Bonchev–Trinajstić information content (AvgIpc) is 2.11. The van der Waals surface area contributed by atoms with Gasteiger partial charge in [-0.05, 0) is 36.5 Å². The molecule has 1 saturated carbocycles. The van der Waals surface area contributed by atoms with Crippen LogP contribution in [0.3, 0.4) is 0 Å². The molecule has 0 spiro atoms. The van der Waals surface area contributed by atoms with Crippen molar-refractivity contribution in [2.24, 2.45) is 29.5 Å². The van der Waals surface area contributed by atoms with Gasteiger partial charge in [-0.15, -0.1) is 0 Å². The number of hydrazine groups is 1. The zero-order valence-corrected chi connectivity index (χ0v) is 10.1. The molecule has 1 aliphatic carbocycles. The van der Waals surface area contributed by atoms with Gasteiger partial charge in [0.25, 0.3) is 0 Å². The molecule has 2 nitrogen and oxygen atoms in total. The van der Waals surface area contributed by atoms with Gasteiger partial charge in [0.05, 0.1) is 0 Å². The molecule has 0 saturated heterocycles. The van der Waals surface area contributed by atoms with Crippen molar-refractivity contribution in [3.05, 3.63) is 0 Å². The summed E-state index contributed by atoms with van der Waals surface area (Å²) in [5.74, 6) is 8.83. The largest absolute Gasteiger partial charge is 0.271 e. The lowest BCUT2D eigenvalue weighted by Gasteiger charge is -2.38. The SMILES string of the molecule is CC(C)C(NN)C1CCC(C)C(C)C1. The molecule has 1 aliphatic rings. The summed E-state index contributed by atoms with van der Waals surface area (Å²) in [4.78, 5) is 0. The van der Waals surface area contributed by atoms with Gasteiger partial charge in [-0.2, -0.15) is 0 Å². The van der Waals surface area contributed by atoms with Crippen molar-refractivity contribution in [1.29, 1.82) is 0 Å². The zero-order chi connectivity index (χ0) is 10.7. The number of nitrogens with two attached hydrogens (primary N) is 1. The molecule has 0 aliphatic heterocycles. The highest BCUT2D eigenvalue weighted by molar-refractivity contribution is 4.84. The standard InChI is InChI=1S/C12H26N2/c1-8(2)12(14-13)11-6-5-9(3)10(4)7-11/h8-12,14H,5-7,13H2,1-4H3. The van der Waals surface area contributed by atoms with Crippen LogP contribution < -0.4 is 11.3 Å². The fourth-order valence-corrected chi connectivity index (χ4v) is 2.79. The Morgan fingerprint density at radius 2 is 1.79 bits per heavy atom.